The predicted molar refractivity (Wildman–Crippen MR) is 50.1 cm³/mol. The van der Waals surface area contributed by atoms with Crippen molar-refractivity contribution in [1.82, 2.24) is 9.78 Å². The maximum atomic E-state index is 4.18. The van der Waals surface area contributed by atoms with Gasteiger partial charge in [0.05, 0.1) is 0 Å². The second-order valence-corrected chi connectivity index (χ2v) is 3.14. The number of nitrogens with zero attached hydrogens (tertiary/aromatic N) is 2. The molecule has 0 N–H and O–H groups in total. The summed E-state index contributed by atoms with van der Waals surface area (Å²) < 4.78 is 2.60. The Morgan fingerprint density at radius 2 is 2.15 bits per heavy atom. The van der Waals surface area contributed by atoms with Crippen LogP contribution in [0.5, 0.6) is 0 Å². The van der Waals surface area contributed by atoms with Crippen LogP contribution in [0.3, 0.4) is 0 Å². The van der Waals surface area contributed by atoms with Crippen LogP contribution in [0.25, 0.3) is 5.69 Å². The van der Waals surface area contributed by atoms with Gasteiger partial charge in [-0.3, -0.25) is 4.68 Å². The van der Waals surface area contributed by atoms with E-state index in [9.17, 15) is 0 Å². The zero-order chi connectivity index (χ0) is 8.39. The standard InChI is InChI=1S/C9H6BrN2.Ir/c10-9-6-7-12(11-9)8-4-2-1-3-5-8;/h1-4,6-7H;/q-1;. The summed E-state index contributed by atoms with van der Waals surface area (Å²) in [5, 5.41) is 4.18. The molecule has 0 saturated heterocycles. The van der Waals surface area contributed by atoms with Crippen LogP contribution < -0.4 is 0 Å². The average Bonchev–Trinajstić information content (AvgIpc) is 2.54. The molecule has 2 aromatic rings. The van der Waals surface area contributed by atoms with E-state index in [1.54, 1.807) is 4.68 Å². The molecular formula is C9H6BrIrN2-. The first kappa shape index (κ1) is 10.6. The molecule has 0 unspecified atom stereocenters. The molecule has 69 valence electrons. The van der Waals surface area contributed by atoms with Crippen LogP contribution in [0.15, 0.2) is 41.1 Å². The van der Waals surface area contributed by atoms with E-state index in [0.29, 0.717) is 0 Å². The van der Waals surface area contributed by atoms with Gasteiger partial charge in [0.15, 0.2) is 0 Å². The summed E-state index contributed by atoms with van der Waals surface area (Å²) in [6.07, 6.45) is 1.88. The Labute approximate surface area is 98.4 Å². The van der Waals surface area contributed by atoms with Gasteiger partial charge in [-0.2, -0.15) is 29.4 Å². The fourth-order valence-corrected chi connectivity index (χ4v) is 1.25. The van der Waals surface area contributed by atoms with Crippen LogP contribution in [-0.4, -0.2) is 9.78 Å². The van der Waals surface area contributed by atoms with Crippen molar-refractivity contribution in [3.05, 3.63) is 47.2 Å². The molecule has 0 aliphatic carbocycles. The van der Waals surface area contributed by atoms with Gasteiger partial charge in [0.1, 0.15) is 4.60 Å². The molecule has 1 radical (unpaired) electrons. The van der Waals surface area contributed by atoms with E-state index in [1.807, 2.05) is 36.5 Å². The number of hydrogen-bond donors (Lipinski definition) is 0. The van der Waals surface area contributed by atoms with Gasteiger partial charge < -0.3 is 0 Å². The molecule has 1 heterocycles. The van der Waals surface area contributed by atoms with Gasteiger partial charge in [-0.25, -0.2) is 0 Å². The van der Waals surface area contributed by atoms with Crippen LogP contribution >= 0.6 is 15.9 Å². The Balaban J connectivity index is 0.000000845. The molecule has 1 aromatic carbocycles. The minimum absolute atomic E-state index is 0. The third-order valence-corrected chi connectivity index (χ3v) is 1.92. The fourth-order valence-electron chi connectivity index (χ4n) is 0.962. The largest absolute Gasteiger partial charge is 0.265 e. The van der Waals surface area contributed by atoms with Crippen LogP contribution in [0.4, 0.5) is 0 Å². The van der Waals surface area contributed by atoms with E-state index in [-0.39, 0.29) is 20.1 Å². The normalized spacial score (nSPS) is 9.31. The topological polar surface area (TPSA) is 17.8 Å². The van der Waals surface area contributed by atoms with Crippen LogP contribution in [0.2, 0.25) is 0 Å². The number of halogens is 1. The third kappa shape index (κ3) is 2.50. The smallest absolute Gasteiger partial charge is 0.128 e. The SMILES string of the molecule is Brc1ccn(-c2[c-]cccc2)n1.[Ir]. The summed E-state index contributed by atoms with van der Waals surface area (Å²) >= 11 is 3.28. The van der Waals surface area contributed by atoms with Crippen LogP contribution in [-0.2, 0) is 20.1 Å². The molecular weight excluding hydrogens is 408 g/mol. The Morgan fingerprint density at radius 1 is 1.31 bits per heavy atom. The van der Waals surface area contributed by atoms with Gasteiger partial charge in [-0.05, 0) is 27.7 Å². The molecule has 2 nitrogen and oxygen atoms in total. The Bertz CT molecular complexity index is 372. The predicted octanol–water partition coefficient (Wildman–Crippen LogP) is 2.43. The monoisotopic (exact) mass is 414 g/mol. The molecule has 0 saturated carbocycles. The van der Waals surface area contributed by atoms with E-state index < -0.39 is 0 Å². The van der Waals surface area contributed by atoms with E-state index in [4.69, 9.17) is 0 Å². The summed E-state index contributed by atoms with van der Waals surface area (Å²) in [5.74, 6) is 0. The molecule has 0 aliphatic heterocycles. The van der Waals surface area contributed by atoms with Gasteiger partial charge in [-0.15, -0.1) is 6.07 Å². The van der Waals surface area contributed by atoms with Gasteiger partial charge >= 0.3 is 0 Å². The maximum Gasteiger partial charge on any atom is 0.128 e. The molecule has 2 rings (SSSR count). The van der Waals surface area contributed by atoms with E-state index in [1.165, 1.54) is 0 Å². The number of para-hydroxylation sites is 1. The molecule has 13 heavy (non-hydrogen) atoms. The Kier molecular flexibility index (Phi) is 3.85. The number of hydrogen-bond acceptors (Lipinski definition) is 1. The van der Waals surface area contributed by atoms with Crippen molar-refractivity contribution in [2.75, 3.05) is 0 Å². The first-order valence-electron chi connectivity index (χ1n) is 3.54. The maximum absolute atomic E-state index is 4.18. The summed E-state index contributed by atoms with van der Waals surface area (Å²) in [6.45, 7) is 0. The second kappa shape index (κ2) is 4.70. The van der Waals surface area contributed by atoms with Crippen molar-refractivity contribution in [3.63, 3.8) is 0 Å². The van der Waals surface area contributed by atoms with Crippen molar-refractivity contribution in [2.45, 2.75) is 0 Å². The second-order valence-electron chi connectivity index (χ2n) is 2.33. The van der Waals surface area contributed by atoms with E-state index in [0.717, 1.165) is 10.3 Å². The zero-order valence-corrected chi connectivity index (χ0v) is 10.6. The fraction of sp³-hybridized carbons (Fsp3) is 0. The summed E-state index contributed by atoms with van der Waals surface area (Å²) in [7, 11) is 0. The molecule has 0 bridgehead atoms. The number of aromatic nitrogens is 2. The van der Waals surface area contributed by atoms with Crippen LogP contribution in [0.1, 0.15) is 0 Å². The quantitative estimate of drug-likeness (QED) is 0.656. The van der Waals surface area contributed by atoms with Crippen molar-refractivity contribution in [1.29, 1.82) is 0 Å². The Morgan fingerprint density at radius 3 is 2.69 bits per heavy atom. The first-order chi connectivity index (χ1) is 5.86. The molecule has 0 fully saturated rings. The molecule has 1 aromatic heterocycles. The van der Waals surface area contributed by atoms with Gasteiger partial charge in [0, 0.05) is 26.3 Å². The molecule has 0 atom stereocenters. The number of rotatable bonds is 1. The van der Waals surface area contributed by atoms with Crippen molar-refractivity contribution < 1.29 is 20.1 Å². The van der Waals surface area contributed by atoms with Crippen molar-refractivity contribution in [2.24, 2.45) is 0 Å². The summed E-state index contributed by atoms with van der Waals surface area (Å²) in [5.41, 5.74) is 0.947. The number of benzene rings is 1. The van der Waals surface area contributed by atoms with E-state index >= 15 is 0 Å². The minimum atomic E-state index is 0. The Hall–Kier alpha value is -0.441. The zero-order valence-electron chi connectivity index (χ0n) is 6.57. The molecule has 0 spiro atoms. The summed E-state index contributed by atoms with van der Waals surface area (Å²) in [6, 6.07) is 12.7. The molecule has 4 heteroatoms. The summed E-state index contributed by atoms with van der Waals surface area (Å²) in [4.78, 5) is 0. The molecule has 0 amide bonds. The minimum Gasteiger partial charge on any atom is -0.265 e. The van der Waals surface area contributed by atoms with Gasteiger partial charge in [-0.1, -0.05) is 0 Å². The van der Waals surface area contributed by atoms with Crippen LogP contribution in [0, 0.1) is 6.07 Å². The van der Waals surface area contributed by atoms with Gasteiger partial charge in [0.2, 0.25) is 0 Å². The molecule has 0 aliphatic rings. The van der Waals surface area contributed by atoms with E-state index in [2.05, 4.69) is 27.1 Å². The average molecular weight is 414 g/mol. The third-order valence-electron chi connectivity index (χ3n) is 1.50. The van der Waals surface area contributed by atoms with Crippen molar-refractivity contribution in [3.8, 4) is 5.69 Å². The van der Waals surface area contributed by atoms with Crippen molar-refractivity contribution >= 4 is 15.9 Å². The van der Waals surface area contributed by atoms with Gasteiger partial charge in [0.25, 0.3) is 0 Å². The first-order valence-corrected chi connectivity index (χ1v) is 4.34.